The number of hydrogen-bond donors (Lipinski definition) is 1. The maximum Gasteiger partial charge on any atom is 0.254 e. The summed E-state index contributed by atoms with van der Waals surface area (Å²) >= 11 is 1.62. The molecule has 1 atom stereocenters. The average molecular weight is 323 g/mol. The first-order valence-corrected chi connectivity index (χ1v) is 8.67. The number of rotatable bonds is 6. The molecule has 0 aromatic carbocycles. The minimum atomic E-state index is -0.0444. The minimum absolute atomic E-state index is 0.0444. The Morgan fingerprint density at radius 3 is 2.82 bits per heavy atom. The second-order valence-electron chi connectivity index (χ2n) is 5.81. The fourth-order valence-corrected chi connectivity index (χ4v) is 3.25. The van der Waals surface area contributed by atoms with Crippen LogP contribution in [0.3, 0.4) is 0 Å². The quantitative estimate of drug-likeness (QED) is 0.812. The van der Waals surface area contributed by atoms with Gasteiger partial charge in [0.2, 0.25) is 0 Å². The lowest BCUT2D eigenvalue weighted by Crippen LogP contribution is -2.46. The van der Waals surface area contributed by atoms with E-state index in [4.69, 9.17) is 4.74 Å². The van der Waals surface area contributed by atoms with E-state index < -0.39 is 0 Å². The van der Waals surface area contributed by atoms with Crippen molar-refractivity contribution in [3.05, 3.63) is 23.9 Å². The average Bonchev–Trinajstić information content (AvgIpc) is 2.48. The van der Waals surface area contributed by atoms with Crippen LogP contribution in [0.15, 0.2) is 23.4 Å². The van der Waals surface area contributed by atoms with Crippen LogP contribution in [0.5, 0.6) is 0 Å². The molecule has 1 aliphatic rings. The Kier molecular flexibility index (Phi) is 6.67. The van der Waals surface area contributed by atoms with E-state index >= 15 is 0 Å². The fraction of sp³-hybridized carbons (Fsp3) is 0.625. The van der Waals surface area contributed by atoms with E-state index in [0.717, 1.165) is 37.9 Å². The molecular weight excluding hydrogens is 298 g/mol. The maximum absolute atomic E-state index is 12.5. The lowest BCUT2D eigenvalue weighted by molar-refractivity contribution is 0.0342. The van der Waals surface area contributed by atoms with Crippen molar-refractivity contribution in [1.29, 1.82) is 0 Å². The summed E-state index contributed by atoms with van der Waals surface area (Å²) in [6.07, 6.45) is 1.73. The first-order valence-electron chi connectivity index (χ1n) is 7.79. The summed E-state index contributed by atoms with van der Waals surface area (Å²) < 4.78 is 5.34. The van der Waals surface area contributed by atoms with Crippen molar-refractivity contribution >= 4 is 17.7 Å². The molecule has 0 unspecified atom stereocenters. The van der Waals surface area contributed by atoms with Crippen LogP contribution < -0.4 is 5.32 Å². The smallest absolute Gasteiger partial charge is 0.254 e. The summed E-state index contributed by atoms with van der Waals surface area (Å²) in [6.45, 7) is 10.5. The van der Waals surface area contributed by atoms with Gasteiger partial charge in [-0.05, 0) is 19.1 Å². The number of thioether (sulfide) groups is 1. The van der Waals surface area contributed by atoms with Gasteiger partial charge >= 0.3 is 0 Å². The molecule has 0 aliphatic carbocycles. The summed E-state index contributed by atoms with van der Waals surface area (Å²) in [4.78, 5) is 19.2. The van der Waals surface area contributed by atoms with Gasteiger partial charge in [0.15, 0.2) is 0 Å². The van der Waals surface area contributed by atoms with Gasteiger partial charge in [-0.3, -0.25) is 9.69 Å². The number of carbonyl (C=O) groups is 1. The zero-order valence-electron chi connectivity index (χ0n) is 13.5. The third-order valence-corrected chi connectivity index (χ3v) is 4.40. The summed E-state index contributed by atoms with van der Waals surface area (Å²) in [7, 11) is 0. The van der Waals surface area contributed by atoms with Crippen molar-refractivity contribution in [1.82, 2.24) is 15.2 Å². The Bertz CT molecular complexity index is 490. The molecule has 1 aromatic heterocycles. The predicted molar refractivity (Wildman–Crippen MR) is 89.4 cm³/mol. The van der Waals surface area contributed by atoms with E-state index in [0.29, 0.717) is 10.8 Å². The molecule has 2 rings (SSSR count). The van der Waals surface area contributed by atoms with Gasteiger partial charge in [0, 0.05) is 37.1 Å². The van der Waals surface area contributed by atoms with Gasteiger partial charge in [-0.25, -0.2) is 4.98 Å². The Balaban J connectivity index is 1.93. The van der Waals surface area contributed by atoms with Gasteiger partial charge in [-0.2, -0.15) is 0 Å². The number of nitrogens with one attached hydrogen (secondary N) is 1. The summed E-state index contributed by atoms with van der Waals surface area (Å²) in [6, 6.07) is 3.75. The van der Waals surface area contributed by atoms with Crippen LogP contribution in [0.1, 0.15) is 31.1 Å². The van der Waals surface area contributed by atoms with Crippen molar-refractivity contribution in [3.8, 4) is 0 Å². The van der Waals surface area contributed by atoms with E-state index in [9.17, 15) is 4.79 Å². The summed E-state index contributed by atoms with van der Waals surface area (Å²) in [5.41, 5.74) is 0.662. The van der Waals surface area contributed by atoms with Gasteiger partial charge in [-0.15, -0.1) is 11.8 Å². The molecule has 1 aliphatic heterocycles. The van der Waals surface area contributed by atoms with Crippen LogP contribution in [-0.4, -0.2) is 59.9 Å². The van der Waals surface area contributed by atoms with Crippen molar-refractivity contribution in [3.63, 3.8) is 0 Å². The molecule has 5 nitrogen and oxygen atoms in total. The molecule has 1 aromatic rings. The van der Waals surface area contributed by atoms with E-state index in [-0.39, 0.29) is 11.9 Å². The molecule has 1 saturated heterocycles. The molecule has 0 saturated carbocycles. The second kappa shape index (κ2) is 8.50. The Morgan fingerprint density at radius 1 is 1.41 bits per heavy atom. The monoisotopic (exact) mass is 323 g/mol. The molecule has 122 valence electrons. The molecule has 0 bridgehead atoms. The number of pyridine rings is 1. The summed E-state index contributed by atoms with van der Waals surface area (Å²) in [5, 5.41) is 4.28. The van der Waals surface area contributed by atoms with Crippen molar-refractivity contribution in [2.75, 3.05) is 32.8 Å². The van der Waals surface area contributed by atoms with Crippen LogP contribution in [0.4, 0.5) is 0 Å². The Morgan fingerprint density at radius 2 is 2.14 bits per heavy atom. The van der Waals surface area contributed by atoms with Crippen LogP contribution >= 0.6 is 11.8 Å². The fourth-order valence-electron chi connectivity index (χ4n) is 2.40. The molecule has 6 heteroatoms. The van der Waals surface area contributed by atoms with E-state index in [1.165, 1.54) is 0 Å². The highest BCUT2D eigenvalue weighted by Gasteiger charge is 2.18. The van der Waals surface area contributed by atoms with Gasteiger partial charge < -0.3 is 10.1 Å². The first kappa shape index (κ1) is 17.2. The maximum atomic E-state index is 12.5. The van der Waals surface area contributed by atoms with Gasteiger partial charge in [0.1, 0.15) is 5.03 Å². The lowest BCUT2D eigenvalue weighted by Gasteiger charge is -2.29. The SMILES string of the molecule is CC(C)Sc1ncccc1C(=O)N[C@@H](C)CN1CCOCC1. The number of amides is 1. The van der Waals surface area contributed by atoms with Crippen LogP contribution in [0.2, 0.25) is 0 Å². The zero-order valence-corrected chi connectivity index (χ0v) is 14.4. The largest absolute Gasteiger partial charge is 0.379 e. The topological polar surface area (TPSA) is 54.5 Å². The molecule has 0 radical (unpaired) electrons. The third-order valence-electron chi connectivity index (χ3n) is 3.38. The van der Waals surface area contributed by atoms with Crippen LogP contribution in [-0.2, 0) is 4.74 Å². The molecule has 22 heavy (non-hydrogen) atoms. The Labute approximate surface area is 136 Å². The number of aromatic nitrogens is 1. The highest BCUT2D eigenvalue weighted by atomic mass is 32.2. The standard InChI is InChI=1S/C16H25N3O2S/c1-12(2)22-16-14(5-4-6-17-16)15(20)18-13(3)11-19-7-9-21-10-8-19/h4-6,12-13H,7-11H2,1-3H3,(H,18,20)/t13-/m0/s1. The molecular formula is C16H25N3O2S. The normalized spacial score (nSPS) is 17.5. The highest BCUT2D eigenvalue weighted by Crippen LogP contribution is 2.24. The molecule has 1 fully saturated rings. The predicted octanol–water partition coefficient (Wildman–Crippen LogP) is 2.03. The minimum Gasteiger partial charge on any atom is -0.379 e. The molecule has 0 spiro atoms. The van der Waals surface area contributed by atoms with Gasteiger partial charge in [0.25, 0.3) is 5.91 Å². The number of hydrogen-bond acceptors (Lipinski definition) is 5. The highest BCUT2D eigenvalue weighted by molar-refractivity contribution is 7.99. The number of ether oxygens (including phenoxy) is 1. The van der Waals surface area contributed by atoms with E-state index in [1.807, 2.05) is 19.1 Å². The third kappa shape index (κ3) is 5.26. The Hall–Kier alpha value is -1.11. The van der Waals surface area contributed by atoms with Crippen LogP contribution in [0, 0.1) is 0 Å². The van der Waals surface area contributed by atoms with E-state index in [2.05, 4.69) is 29.0 Å². The first-order chi connectivity index (χ1) is 10.6. The molecule has 2 heterocycles. The molecule has 1 N–H and O–H groups in total. The van der Waals surface area contributed by atoms with Crippen molar-refractivity contribution in [2.24, 2.45) is 0 Å². The zero-order chi connectivity index (χ0) is 15.9. The van der Waals surface area contributed by atoms with Crippen molar-refractivity contribution in [2.45, 2.75) is 37.1 Å². The lowest BCUT2D eigenvalue weighted by atomic mass is 10.2. The number of morpholine rings is 1. The summed E-state index contributed by atoms with van der Waals surface area (Å²) in [5.74, 6) is -0.0444. The second-order valence-corrected chi connectivity index (χ2v) is 7.38. The van der Waals surface area contributed by atoms with Crippen LogP contribution in [0.25, 0.3) is 0 Å². The van der Waals surface area contributed by atoms with Gasteiger partial charge in [-0.1, -0.05) is 13.8 Å². The van der Waals surface area contributed by atoms with E-state index in [1.54, 1.807) is 18.0 Å². The number of nitrogens with zero attached hydrogens (tertiary/aromatic N) is 2. The van der Waals surface area contributed by atoms with Crippen molar-refractivity contribution < 1.29 is 9.53 Å². The number of carbonyl (C=O) groups excluding carboxylic acids is 1. The van der Waals surface area contributed by atoms with Gasteiger partial charge in [0.05, 0.1) is 18.8 Å². The molecule has 1 amide bonds.